The highest BCUT2D eigenvalue weighted by atomic mass is 35.5. The molecule has 1 heterocycles. The SMILES string of the molecule is O=C(CCc1ccc2c(c1)CCO2)c1ccc(Cl)cc1F. The van der Waals surface area contributed by atoms with Gasteiger partial charge in [-0.05, 0) is 41.8 Å². The van der Waals surface area contributed by atoms with E-state index < -0.39 is 5.82 Å². The van der Waals surface area contributed by atoms with Crippen LogP contribution in [0.25, 0.3) is 0 Å². The first-order valence-corrected chi connectivity index (χ1v) is 7.24. The molecule has 1 aliphatic rings. The fraction of sp³-hybridized carbons (Fsp3) is 0.235. The van der Waals surface area contributed by atoms with Crippen molar-refractivity contribution in [3.63, 3.8) is 0 Å². The molecule has 0 N–H and O–H groups in total. The summed E-state index contributed by atoms with van der Waals surface area (Å²) in [5, 5.41) is 0.294. The lowest BCUT2D eigenvalue weighted by atomic mass is 10.0. The Hall–Kier alpha value is -1.87. The van der Waals surface area contributed by atoms with Crippen LogP contribution in [0.2, 0.25) is 5.02 Å². The van der Waals surface area contributed by atoms with Gasteiger partial charge in [0.05, 0.1) is 12.2 Å². The van der Waals surface area contributed by atoms with Gasteiger partial charge in [0.25, 0.3) is 0 Å². The van der Waals surface area contributed by atoms with Crippen molar-refractivity contribution in [3.05, 3.63) is 63.9 Å². The molecule has 2 aromatic carbocycles. The Morgan fingerprint density at radius 1 is 1.24 bits per heavy atom. The predicted molar refractivity (Wildman–Crippen MR) is 79.7 cm³/mol. The summed E-state index contributed by atoms with van der Waals surface area (Å²) in [6.45, 7) is 0.716. The quantitative estimate of drug-likeness (QED) is 0.790. The standard InChI is InChI=1S/C17H14ClFO2/c18-13-3-4-14(15(19)10-13)16(20)5-1-11-2-6-17-12(9-11)7-8-21-17/h2-4,6,9-10H,1,5,7-8H2. The van der Waals surface area contributed by atoms with Gasteiger partial charge in [0.1, 0.15) is 11.6 Å². The smallest absolute Gasteiger partial charge is 0.166 e. The van der Waals surface area contributed by atoms with Gasteiger partial charge in [0, 0.05) is 17.9 Å². The number of carbonyl (C=O) groups is 1. The second-order valence-electron chi connectivity index (χ2n) is 5.09. The van der Waals surface area contributed by atoms with E-state index in [9.17, 15) is 9.18 Å². The summed E-state index contributed by atoms with van der Waals surface area (Å²) in [7, 11) is 0. The summed E-state index contributed by atoms with van der Waals surface area (Å²) in [6, 6.07) is 10.1. The summed E-state index contributed by atoms with van der Waals surface area (Å²) in [6.07, 6.45) is 1.77. The number of Topliss-reactive ketones (excluding diaryl/α,β-unsaturated/α-hetero) is 1. The zero-order valence-corrected chi connectivity index (χ0v) is 12.1. The second-order valence-corrected chi connectivity index (χ2v) is 5.52. The third kappa shape index (κ3) is 3.08. The molecule has 0 amide bonds. The summed E-state index contributed by atoms with van der Waals surface area (Å²) in [5.74, 6) is 0.157. The molecule has 0 spiro atoms. The third-order valence-electron chi connectivity index (χ3n) is 3.63. The van der Waals surface area contributed by atoms with Crippen LogP contribution in [0, 0.1) is 5.82 Å². The highest BCUT2D eigenvalue weighted by Gasteiger charge is 2.14. The molecule has 2 aromatic rings. The number of benzene rings is 2. The van der Waals surface area contributed by atoms with Crippen LogP contribution in [0.4, 0.5) is 4.39 Å². The molecule has 0 saturated carbocycles. The number of rotatable bonds is 4. The average Bonchev–Trinajstić information content (AvgIpc) is 2.92. The van der Waals surface area contributed by atoms with Gasteiger partial charge in [-0.2, -0.15) is 0 Å². The molecule has 0 bridgehead atoms. The summed E-state index contributed by atoms with van der Waals surface area (Å²) in [5.41, 5.74) is 2.35. The molecule has 0 aliphatic carbocycles. The molecule has 0 atom stereocenters. The van der Waals surface area contributed by atoms with Crippen molar-refractivity contribution >= 4 is 17.4 Å². The lowest BCUT2D eigenvalue weighted by Gasteiger charge is -2.05. The van der Waals surface area contributed by atoms with E-state index in [0.717, 1.165) is 17.7 Å². The highest BCUT2D eigenvalue weighted by Crippen LogP contribution is 2.26. The molecule has 21 heavy (non-hydrogen) atoms. The van der Waals surface area contributed by atoms with Crippen LogP contribution in [0.1, 0.15) is 27.9 Å². The van der Waals surface area contributed by atoms with E-state index in [-0.39, 0.29) is 17.8 Å². The topological polar surface area (TPSA) is 26.3 Å². The van der Waals surface area contributed by atoms with Crippen LogP contribution in [0.15, 0.2) is 36.4 Å². The normalized spacial score (nSPS) is 12.9. The van der Waals surface area contributed by atoms with Gasteiger partial charge >= 0.3 is 0 Å². The molecule has 0 saturated heterocycles. The van der Waals surface area contributed by atoms with Crippen LogP contribution in [0.5, 0.6) is 5.75 Å². The Labute approximate surface area is 127 Å². The molecule has 0 fully saturated rings. The number of hydrogen-bond donors (Lipinski definition) is 0. The van der Waals surface area contributed by atoms with E-state index in [2.05, 4.69) is 6.07 Å². The lowest BCUT2D eigenvalue weighted by molar-refractivity contribution is 0.0979. The summed E-state index contributed by atoms with van der Waals surface area (Å²) < 4.78 is 19.1. The van der Waals surface area contributed by atoms with Gasteiger partial charge in [-0.1, -0.05) is 23.7 Å². The van der Waals surface area contributed by atoms with E-state index >= 15 is 0 Å². The minimum absolute atomic E-state index is 0.101. The van der Waals surface area contributed by atoms with E-state index in [1.807, 2.05) is 12.1 Å². The van der Waals surface area contributed by atoms with E-state index in [1.165, 1.54) is 23.8 Å². The Bertz CT molecular complexity index is 697. The van der Waals surface area contributed by atoms with Crippen molar-refractivity contribution < 1.29 is 13.9 Å². The van der Waals surface area contributed by atoms with Crippen LogP contribution < -0.4 is 4.74 Å². The fourth-order valence-corrected chi connectivity index (χ4v) is 2.66. The number of ether oxygens (including phenoxy) is 1. The molecular formula is C17H14ClFO2. The molecule has 0 aromatic heterocycles. The Morgan fingerprint density at radius 3 is 2.90 bits per heavy atom. The predicted octanol–water partition coefficient (Wildman–Crippen LogP) is 4.23. The van der Waals surface area contributed by atoms with Crippen molar-refractivity contribution in [2.75, 3.05) is 6.61 Å². The Kier molecular flexibility index (Phi) is 3.93. The van der Waals surface area contributed by atoms with E-state index in [4.69, 9.17) is 16.3 Å². The monoisotopic (exact) mass is 304 g/mol. The van der Waals surface area contributed by atoms with Crippen molar-refractivity contribution in [1.29, 1.82) is 0 Å². The maximum absolute atomic E-state index is 13.7. The molecular weight excluding hydrogens is 291 g/mol. The molecule has 4 heteroatoms. The Balaban J connectivity index is 1.68. The first kappa shape index (κ1) is 14.1. The van der Waals surface area contributed by atoms with Crippen LogP contribution in [-0.4, -0.2) is 12.4 Å². The summed E-state index contributed by atoms with van der Waals surface area (Å²) >= 11 is 5.69. The third-order valence-corrected chi connectivity index (χ3v) is 3.86. The highest BCUT2D eigenvalue weighted by molar-refractivity contribution is 6.30. The summed E-state index contributed by atoms with van der Waals surface area (Å²) in [4.78, 5) is 12.1. The van der Waals surface area contributed by atoms with Gasteiger partial charge in [0.15, 0.2) is 5.78 Å². The van der Waals surface area contributed by atoms with Crippen LogP contribution >= 0.6 is 11.6 Å². The number of carbonyl (C=O) groups excluding carboxylic acids is 1. The number of fused-ring (bicyclic) bond motifs is 1. The first-order chi connectivity index (χ1) is 10.1. The number of hydrogen-bond acceptors (Lipinski definition) is 2. The maximum atomic E-state index is 13.7. The number of ketones is 1. The molecule has 0 radical (unpaired) electrons. The first-order valence-electron chi connectivity index (χ1n) is 6.86. The Morgan fingerprint density at radius 2 is 2.10 bits per heavy atom. The van der Waals surface area contributed by atoms with Crippen molar-refractivity contribution in [1.82, 2.24) is 0 Å². The van der Waals surface area contributed by atoms with Gasteiger partial charge in [-0.15, -0.1) is 0 Å². The molecule has 3 rings (SSSR count). The van der Waals surface area contributed by atoms with E-state index in [1.54, 1.807) is 0 Å². The minimum atomic E-state index is -0.560. The molecule has 0 unspecified atom stereocenters. The molecule has 108 valence electrons. The van der Waals surface area contributed by atoms with Crippen LogP contribution in [-0.2, 0) is 12.8 Å². The number of halogens is 2. The number of aryl methyl sites for hydroxylation is 1. The zero-order chi connectivity index (χ0) is 14.8. The maximum Gasteiger partial charge on any atom is 0.166 e. The van der Waals surface area contributed by atoms with Crippen LogP contribution in [0.3, 0.4) is 0 Å². The van der Waals surface area contributed by atoms with Gasteiger partial charge in [-0.3, -0.25) is 4.79 Å². The molecule has 2 nitrogen and oxygen atoms in total. The second kappa shape index (κ2) is 5.86. The van der Waals surface area contributed by atoms with E-state index in [0.29, 0.717) is 18.1 Å². The lowest BCUT2D eigenvalue weighted by Crippen LogP contribution is -2.04. The zero-order valence-electron chi connectivity index (χ0n) is 11.4. The van der Waals surface area contributed by atoms with Crippen molar-refractivity contribution in [2.24, 2.45) is 0 Å². The average molecular weight is 305 g/mol. The minimum Gasteiger partial charge on any atom is -0.493 e. The largest absolute Gasteiger partial charge is 0.493 e. The van der Waals surface area contributed by atoms with Gasteiger partial charge < -0.3 is 4.74 Å². The van der Waals surface area contributed by atoms with Crippen molar-refractivity contribution in [3.8, 4) is 5.75 Å². The molecule has 1 aliphatic heterocycles. The van der Waals surface area contributed by atoms with Gasteiger partial charge in [-0.25, -0.2) is 4.39 Å². The van der Waals surface area contributed by atoms with Crippen molar-refractivity contribution in [2.45, 2.75) is 19.3 Å². The van der Waals surface area contributed by atoms with Gasteiger partial charge in [0.2, 0.25) is 0 Å². The fourth-order valence-electron chi connectivity index (χ4n) is 2.50.